The maximum Gasteiger partial charge on any atom is 0.407 e. The lowest BCUT2D eigenvalue weighted by atomic mass is 10.2. The van der Waals surface area contributed by atoms with E-state index in [1.54, 1.807) is 32.9 Å². The van der Waals surface area contributed by atoms with E-state index in [2.05, 4.69) is 26.2 Å². The van der Waals surface area contributed by atoms with E-state index in [0.717, 1.165) is 4.47 Å². The number of nitrogens with zero attached hydrogens (tertiary/aromatic N) is 1. The molecule has 0 aliphatic heterocycles. The van der Waals surface area contributed by atoms with E-state index in [1.165, 1.54) is 0 Å². The number of aromatic nitrogens is 1. The summed E-state index contributed by atoms with van der Waals surface area (Å²) in [5.41, 5.74) is 0.145. The third kappa shape index (κ3) is 5.37. The van der Waals surface area contributed by atoms with Crippen LogP contribution in [0.2, 0.25) is 5.15 Å². The molecule has 0 saturated carbocycles. The summed E-state index contributed by atoms with van der Waals surface area (Å²) in [5.74, 6) is 0. The van der Waals surface area contributed by atoms with Gasteiger partial charge in [-0.1, -0.05) is 11.6 Å². The van der Waals surface area contributed by atoms with Crippen LogP contribution in [0.5, 0.6) is 0 Å². The molecule has 0 aliphatic carbocycles. The molecule has 0 aromatic carbocycles. The van der Waals surface area contributed by atoms with Crippen molar-refractivity contribution >= 4 is 33.6 Å². The van der Waals surface area contributed by atoms with Crippen LogP contribution in [-0.2, 0) is 11.3 Å². The molecule has 1 N–H and O–H groups in total. The van der Waals surface area contributed by atoms with Gasteiger partial charge in [-0.05, 0) is 48.8 Å². The van der Waals surface area contributed by atoms with Gasteiger partial charge >= 0.3 is 6.09 Å². The fourth-order valence-corrected chi connectivity index (χ4v) is 1.58. The average molecular weight is 322 g/mol. The summed E-state index contributed by atoms with van der Waals surface area (Å²) >= 11 is 9.09. The number of alkyl carbamates (subject to hydrolysis) is 1. The topological polar surface area (TPSA) is 51.2 Å². The Morgan fingerprint density at radius 3 is 2.76 bits per heavy atom. The molecule has 0 atom stereocenters. The normalized spacial score (nSPS) is 11.1. The predicted octanol–water partition coefficient (Wildman–Crippen LogP) is 3.52. The fraction of sp³-hybridized carbons (Fsp3) is 0.455. The molecule has 1 heterocycles. The van der Waals surface area contributed by atoms with Crippen LogP contribution in [0.25, 0.3) is 0 Å². The molecule has 0 unspecified atom stereocenters. The number of rotatable bonds is 2. The number of halogens is 2. The predicted molar refractivity (Wildman–Crippen MR) is 70.0 cm³/mol. The van der Waals surface area contributed by atoms with Crippen molar-refractivity contribution in [2.45, 2.75) is 32.9 Å². The minimum absolute atomic E-state index is 0.260. The minimum atomic E-state index is -0.511. The van der Waals surface area contributed by atoms with Crippen molar-refractivity contribution in [1.82, 2.24) is 10.3 Å². The van der Waals surface area contributed by atoms with Gasteiger partial charge in [-0.3, -0.25) is 0 Å². The Balaban J connectivity index is 2.56. The van der Waals surface area contributed by atoms with Gasteiger partial charge in [-0.25, -0.2) is 9.78 Å². The highest BCUT2D eigenvalue weighted by molar-refractivity contribution is 9.10. The second-order valence-electron chi connectivity index (χ2n) is 4.42. The lowest BCUT2D eigenvalue weighted by molar-refractivity contribution is 0.0523. The van der Waals surface area contributed by atoms with Gasteiger partial charge in [0, 0.05) is 4.47 Å². The third-order valence-electron chi connectivity index (χ3n) is 1.68. The molecule has 94 valence electrons. The Bertz CT molecular complexity index is 418. The van der Waals surface area contributed by atoms with Crippen LogP contribution in [0.3, 0.4) is 0 Å². The van der Waals surface area contributed by atoms with Crippen LogP contribution in [0.15, 0.2) is 16.6 Å². The molecule has 1 rings (SSSR count). The average Bonchev–Trinajstić information content (AvgIpc) is 2.17. The number of hydrogen-bond acceptors (Lipinski definition) is 3. The summed E-state index contributed by atoms with van der Waals surface area (Å²) < 4.78 is 5.89. The smallest absolute Gasteiger partial charge is 0.407 e. The molecule has 0 fully saturated rings. The van der Waals surface area contributed by atoms with Crippen LogP contribution in [0, 0.1) is 0 Å². The quantitative estimate of drug-likeness (QED) is 0.848. The molecular formula is C11H14BrClN2O2. The van der Waals surface area contributed by atoms with Crippen molar-refractivity contribution in [2.24, 2.45) is 0 Å². The van der Waals surface area contributed by atoms with Crippen molar-refractivity contribution in [3.05, 3.63) is 27.5 Å². The summed E-state index contributed by atoms with van der Waals surface area (Å²) in [7, 11) is 0. The van der Waals surface area contributed by atoms with Crippen molar-refractivity contribution in [1.29, 1.82) is 0 Å². The molecule has 17 heavy (non-hydrogen) atoms. The zero-order valence-corrected chi connectivity index (χ0v) is 12.2. The van der Waals surface area contributed by atoms with Crippen LogP contribution >= 0.6 is 27.5 Å². The number of carbonyl (C=O) groups is 1. The maximum atomic E-state index is 11.4. The van der Waals surface area contributed by atoms with Gasteiger partial charge < -0.3 is 10.1 Å². The monoisotopic (exact) mass is 320 g/mol. The highest BCUT2D eigenvalue weighted by atomic mass is 79.9. The largest absolute Gasteiger partial charge is 0.444 e. The summed E-state index contributed by atoms with van der Waals surface area (Å²) in [5, 5.41) is 2.99. The zero-order valence-electron chi connectivity index (χ0n) is 9.88. The summed E-state index contributed by atoms with van der Waals surface area (Å²) in [4.78, 5) is 15.5. The van der Waals surface area contributed by atoms with Crippen LogP contribution in [0.4, 0.5) is 4.79 Å². The first kappa shape index (κ1) is 14.3. The molecule has 1 aromatic heterocycles. The molecular weight excluding hydrogens is 307 g/mol. The SMILES string of the molecule is CC(C)(C)OC(=O)NCc1nc(Cl)ccc1Br. The number of hydrogen-bond donors (Lipinski definition) is 1. The van der Waals surface area contributed by atoms with Gasteiger partial charge in [0.25, 0.3) is 0 Å². The van der Waals surface area contributed by atoms with Crippen molar-refractivity contribution in [2.75, 3.05) is 0 Å². The lowest BCUT2D eigenvalue weighted by Crippen LogP contribution is -2.32. The second-order valence-corrected chi connectivity index (χ2v) is 5.66. The molecule has 0 bridgehead atoms. The number of ether oxygens (including phenoxy) is 1. The van der Waals surface area contributed by atoms with Gasteiger partial charge in [0.2, 0.25) is 0 Å². The molecule has 1 amide bonds. The Hall–Kier alpha value is -0.810. The number of amides is 1. The molecule has 0 spiro atoms. The first-order valence-electron chi connectivity index (χ1n) is 5.06. The maximum absolute atomic E-state index is 11.4. The second kappa shape index (κ2) is 5.69. The molecule has 0 radical (unpaired) electrons. The Labute approximate surface area is 114 Å². The van der Waals surface area contributed by atoms with E-state index in [-0.39, 0.29) is 6.54 Å². The van der Waals surface area contributed by atoms with E-state index in [4.69, 9.17) is 16.3 Å². The van der Waals surface area contributed by atoms with Crippen LogP contribution in [-0.4, -0.2) is 16.7 Å². The molecule has 0 saturated heterocycles. The van der Waals surface area contributed by atoms with E-state index < -0.39 is 11.7 Å². The Kier molecular flexibility index (Phi) is 4.77. The Morgan fingerprint density at radius 1 is 1.53 bits per heavy atom. The number of nitrogens with one attached hydrogen (secondary N) is 1. The van der Waals surface area contributed by atoms with E-state index >= 15 is 0 Å². The van der Waals surface area contributed by atoms with Gasteiger partial charge in [-0.2, -0.15) is 0 Å². The van der Waals surface area contributed by atoms with E-state index in [9.17, 15) is 4.79 Å². The van der Waals surface area contributed by atoms with Gasteiger partial charge in [0.15, 0.2) is 0 Å². The lowest BCUT2D eigenvalue weighted by Gasteiger charge is -2.19. The van der Waals surface area contributed by atoms with E-state index in [1.807, 2.05) is 0 Å². The molecule has 0 aliphatic rings. The first-order valence-corrected chi connectivity index (χ1v) is 6.23. The van der Waals surface area contributed by atoms with Crippen molar-refractivity contribution in [3.63, 3.8) is 0 Å². The summed E-state index contributed by atoms with van der Waals surface area (Å²) in [6.45, 7) is 5.68. The van der Waals surface area contributed by atoms with E-state index in [0.29, 0.717) is 10.8 Å². The first-order chi connectivity index (χ1) is 7.78. The third-order valence-corrected chi connectivity index (χ3v) is 2.62. The zero-order chi connectivity index (χ0) is 13.1. The fourth-order valence-electron chi connectivity index (χ4n) is 1.05. The molecule has 1 aromatic rings. The molecule has 6 heteroatoms. The summed E-state index contributed by atoms with van der Waals surface area (Å²) in [6, 6.07) is 3.45. The van der Waals surface area contributed by atoms with Gasteiger partial charge in [0.05, 0.1) is 12.2 Å². The summed E-state index contributed by atoms with van der Waals surface area (Å²) in [6.07, 6.45) is -0.480. The van der Waals surface area contributed by atoms with Crippen LogP contribution in [0.1, 0.15) is 26.5 Å². The van der Waals surface area contributed by atoms with Gasteiger partial charge in [0.1, 0.15) is 10.8 Å². The molecule has 4 nitrogen and oxygen atoms in total. The van der Waals surface area contributed by atoms with Crippen molar-refractivity contribution < 1.29 is 9.53 Å². The number of pyridine rings is 1. The minimum Gasteiger partial charge on any atom is -0.444 e. The van der Waals surface area contributed by atoms with Crippen molar-refractivity contribution in [3.8, 4) is 0 Å². The number of carbonyl (C=O) groups excluding carboxylic acids is 1. The standard InChI is InChI=1S/C11H14BrClN2O2/c1-11(2,3)17-10(16)14-6-8-7(12)4-5-9(13)15-8/h4-5H,6H2,1-3H3,(H,14,16). The highest BCUT2D eigenvalue weighted by Gasteiger charge is 2.16. The van der Waals surface area contributed by atoms with Gasteiger partial charge in [-0.15, -0.1) is 0 Å². The Morgan fingerprint density at radius 2 is 2.18 bits per heavy atom. The highest BCUT2D eigenvalue weighted by Crippen LogP contribution is 2.17. The van der Waals surface area contributed by atoms with Crippen LogP contribution < -0.4 is 5.32 Å².